The Bertz CT molecular complexity index is 960. The van der Waals surface area contributed by atoms with Crippen molar-refractivity contribution >= 4 is 33.3 Å². The first-order valence-corrected chi connectivity index (χ1v) is 10.2. The lowest BCUT2D eigenvalue weighted by atomic mass is 10.0. The van der Waals surface area contributed by atoms with E-state index in [1.54, 1.807) is 11.3 Å². The number of anilines is 1. The van der Waals surface area contributed by atoms with Gasteiger partial charge in [0.05, 0.1) is 5.69 Å². The van der Waals surface area contributed by atoms with Crippen LogP contribution in [0.3, 0.4) is 0 Å². The highest BCUT2D eigenvalue weighted by Gasteiger charge is 2.22. The SMILES string of the molecule is CC(C)NC(=O)Nc1nc2c(s1)CN(Cc1cccc3ccccc13)CC2. The van der Waals surface area contributed by atoms with E-state index in [0.717, 1.165) is 31.7 Å². The number of nitrogens with one attached hydrogen (secondary N) is 2. The summed E-state index contributed by atoms with van der Waals surface area (Å²) in [6.07, 6.45) is 0.921. The Kier molecular flexibility index (Phi) is 5.09. The lowest BCUT2D eigenvalue weighted by Gasteiger charge is -2.26. The minimum absolute atomic E-state index is 0.107. The highest BCUT2D eigenvalue weighted by atomic mass is 32.1. The molecule has 0 saturated heterocycles. The summed E-state index contributed by atoms with van der Waals surface area (Å²) in [6, 6.07) is 15.0. The number of hydrogen-bond acceptors (Lipinski definition) is 4. The fourth-order valence-corrected chi connectivity index (χ4v) is 4.55. The van der Waals surface area contributed by atoms with Gasteiger partial charge in [0.15, 0.2) is 5.13 Å². The average Bonchev–Trinajstić information content (AvgIpc) is 3.02. The maximum absolute atomic E-state index is 11.9. The first-order chi connectivity index (χ1) is 13.1. The minimum atomic E-state index is -0.191. The van der Waals surface area contributed by atoms with Crippen LogP contribution in [0.15, 0.2) is 42.5 Å². The normalized spacial score (nSPS) is 14.3. The molecule has 0 aliphatic carbocycles. The van der Waals surface area contributed by atoms with Gasteiger partial charge in [-0.1, -0.05) is 42.5 Å². The molecule has 0 saturated carbocycles. The molecule has 4 rings (SSSR count). The molecule has 2 N–H and O–H groups in total. The number of benzene rings is 2. The highest BCUT2D eigenvalue weighted by Crippen LogP contribution is 2.30. The van der Waals surface area contributed by atoms with Crippen LogP contribution < -0.4 is 10.6 Å². The van der Waals surface area contributed by atoms with Gasteiger partial charge in [0.25, 0.3) is 0 Å². The third kappa shape index (κ3) is 4.12. The van der Waals surface area contributed by atoms with Gasteiger partial charge in [0.2, 0.25) is 0 Å². The number of fused-ring (bicyclic) bond motifs is 2. The number of urea groups is 1. The monoisotopic (exact) mass is 380 g/mol. The molecule has 0 bridgehead atoms. The number of rotatable bonds is 4. The first-order valence-electron chi connectivity index (χ1n) is 9.33. The van der Waals surface area contributed by atoms with Gasteiger partial charge >= 0.3 is 6.03 Å². The Balaban J connectivity index is 1.46. The van der Waals surface area contributed by atoms with E-state index in [0.29, 0.717) is 5.13 Å². The molecule has 5 nitrogen and oxygen atoms in total. The summed E-state index contributed by atoms with van der Waals surface area (Å²) >= 11 is 1.58. The second-order valence-electron chi connectivity index (χ2n) is 7.24. The summed E-state index contributed by atoms with van der Waals surface area (Å²) in [7, 11) is 0. The summed E-state index contributed by atoms with van der Waals surface area (Å²) < 4.78 is 0. The molecular formula is C21H24N4OS. The van der Waals surface area contributed by atoms with Crippen LogP contribution >= 0.6 is 11.3 Å². The highest BCUT2D eigenvalue weighted by molar-refractivity contribution is 7.15. The molecule has 0 atom stereocenters. The van der Waals surface area contributed by atoms with Crippen LogP contribution in [0.4, 0.5) is 9.93 Å². The Morgan fingerprint density at radius 1 is 1.22 bits per heavy atom. The Morgan fingerprint density at radius 2 is 2.04 bits per heavy atom. The maximum atomic E-state index is 11.9. The van der Waals surface area contributed by atoms with Gasteiger partial charge in [-0.3, -0.25) is 10.2 Å². The molecule has 140 valence electrons. The number of aromatic nitrogens is 1. The number of amides is 2. The van der Waals surface area contributed by atoms with Crippen LogP contribution in [0.5, 0.6) is 0 Å². The van der Waals surface area contributed by atoms with Crippen molar-refractivity contribution in [2.45, 2.75) is 39.4 Å². The second kappa shape index (κ2) is 7.66. The van der Waals surface area contributed by atoms with Crippen LogP contribution in [0.2, 0.25) is 0 Å². The van der Waals surface area contributed by atoms with E-state index in [4.69, 9.17) is 0 Å². The number of carbonyl (C=O) groups is 1. The molecule has 0 radical (unpaired) electrons. The zero-order valence-electron chi connectivity index (χ0n) is 15.7. The van der Waals surface area contributed by atoms with Crippen LogP contribution in [0, 0.1) is 0 Å². The molecule has 0 unspecified atom stereocenters. The summed E-state index contributed by atoms with van der Waals surface area (Å²) in [5, 5.41) is 8.99. The summed E-state index contributed by atoms with van der Waals surface area (Å²) in [4.78, 5) is 20.2. The van der Waals surface area contributed by atoms with Gasteiger partial charge in [0, 0.05) is 37.0 Å². The Morgan fingerprint density at radius 3 is 2.89 bits per heavy atom. The molecule has 2 aromatic carbocycles. The van der Waals surface area contributed by atoms with Gasteiger partial charge in [0.1, 0.15) is 0 Å². The van der Waals surface area contributed by atoms with Crippen LogP contribution in [0.25, 0.3) is 10.8 Å². The molecule has 27 heavy (non-hydrogen) atoms. The third-order valence-electron chi connectivity index (χ3n) is 4.72. The van der Waals surface area contributed by atoms with Gasteiger partial charge < -0.3 is 5.32 Å². The van der Waals surface area contributed by atoms with Crippen molar-refractivity contribution in [2.24, 2.45) is 0 Å². The fraction of sp³-hybridized carbons (Fsp3) is 0.333. The van der Waals surface area contributed by atoms with Crippen molar-refractivity contribution in [1.82, 2.24) is 15.2 Å². The number of nitrogens with zero attached hydrogens (tertiary/aromatic N) is 2. The molecule has 1 aliphatic rings. The summed E-state index contributed by atoms with van der Waals surface area (Å²) in [5.74, 6) is 0. The lowest BCUT2D eigenvalue weighted by molar-refractivity contribution is 0.248. The van der Waals surface area contributed by atoms with E-state index in [1.807, 2.05) is 13.8 Å². The predicted octanol–water partition coefficient (Wildman–Crippen LogP) is 4.38. The van der Waals surface area contributed by atoms with Crippen molar-refractivity contribution < 1.29 is 4.79 Å². The number of carbonyl (C=O) groups excluding carboxylic acids is 1. The van der Waals surface area contributed by atoms with E-state index in [1.165, 1.54) is 21.2 Å². The Hall–Kier alpha value is -2.44. The zero-order chi connectivity index (χ0) is 18.8. The summed E-state index contributed by atoms with van der Waals surface area (Å²) in [5.41, 5.74) is 2.48. The molecule has 2 amide bonds. The van der Waals surface area contributed by atoms with Crippen molar-refractivity contribution in [3.8, 4) is 0 Å². The third-order valence-corrected chi connectivity index (χ3v) is 5.72. The van der Waals surface area contributed by atoms with E-state index < -0.39 is 0 Å². The lowest BCUT2D eigenvalue weighted by Crippen LogP contribution is -2.34. The maximum Gasteiger partial charge on any atom is 0.321 e. The molecule has 2 heterocycles. The molecule has 1 aromatic heterocycles. The average molecular weight is 381 g/mol. The summed E-state index contributed by atoms with van der Waals surface area (Å²) in [6.45, 7) is 6.67. The molecular weight excluding hydrogens is 356 g/mol. The molecule has 6 heteroatoms. The van der Waals surface area contributed by atoms with Crippen molar-refractivity contribution in [3.05, 3.63) is 58.6 Å². The molecule has 0 fully saturated rings. The fourth-order valence-electron chi connectivity index (χ4n) is 3.50. The van der Waals surface area contributed by atoms with Crippen molar-refractivity contribution in [2.75, 3.05) is 11.9 Å². The first kappa shape index (κ1) is 17.9. The quantitative estimate of drug-likeness (QED) is 0.706. The molecule has 1 aliphatic heterocycles. The minimum Gasteiger partial charge on any atom is -0.336 e. The number of thiazole rings is 1. The van der Waals surface area contributed by atoms with Gasteiger partial charge in [-0.05, 0) is 30.2 Å². The topological polar surface area (TPSA) is 57.3 Å². The standard InChI is InChI=1S/C21H24N4OS/c1-14(2)22-20(26)24-21-23-18-10-11-25(13-19(18)27-21)12-16-8-5-7-15-6-3-4-9-17(15)16/h3-9,14H,10-13H2,1-2H3,(H2,22,23,24,26). The largest absolute Gasteiger partial charge is 0.336 e. The van der Waals surface area contributed by atoms with Crippen LogP contribution in [-0.2, 0) is 19.5 Å². The molecule has 0 spiro atoms. The zero-order valence-corrected chi connectivity index (χ0v) is 16.5. The van der Waals surface area contributed by atoms with Crippen molar-refractivity contribution in [3.63, 3.8) is 0 Å². The van der Waals surface area contributed by atoms with E-state index >= 15 is 0 Å². The smallest absolute Gasteiger partial charge is 0.321 e. The predicted molar refractivity (Wildman–Crippen MR) is 111 cm³/mol. The van der Waals surface area contributed by atoms with Crippen LogP contribution in [-0.4, -0.2) is 28.5 Å². The van der Waals surface area contributed by atoms with Crippen molar-refractivity contribution in [1.29, 1.82) is 0 Å². The van der Waals surface area contributed by atoms with Gasteiger partial charge in [-0.2, -0.15) is 0 Å². The number of hydrogen-bond donors (Lipinski definition) is 2. The Labute approximate surface area is 163 Å². The van der Waals surface area contributed by atoms with Crippen LogP contribution in [0.1, 0.15) is 30.0 Å². The van der Waals surface area contributed by atoms with Gasteiger partial charge in [-0.25, -0.2) is 9.78 Å². The van der Waals surface area contributed by atoms with E-state index in [-0.39, 0.29) is 12.1 Å². The van der Waals surface area contributed by atoms with E-state index in [2.05, 4.69) is 63.0 Å². The molecule has 3 aromatic rings. The van der Waals surface area contributed by atoms with E-state index in [9.17, 15) is 4.79 Å². The second-order valence-corrected chi connectivity index (χ2v) is 8.32. The van der Waals surface area contributed by atoms with Gasteiger partial charge in [-0.15, -0.1) is 11.3 Å².